The van der Waals surface area contributed by atoms with Crippen LogP contribution < -0.4 is 0 Å². The highest BCUT2D eigenvalue weighted by atomic mass is 32.1. The van der Waals surface area contributed by atoms with Crippen LogP contribution in [0.5, 0.6) is 0 Å². The molecule has 0 fully saturated rings. The first-order chi connectivity index (χ1) is 3.29. The molecule has 0 aliphatic carbocycles. The number of thiophene rings is 1. The van der Waals surface area contributed by atoms with Gasteiger partial charge in [-0.25, -0.2) is 4.39 Å². The highest BCUT2D eigenvalue weighted by Crippen LogP contribution is 2.09. The molecule has 1 aromatic rings. The van der Waals surface area contributed by atoms with E-state index in [1.165, 1.54) is 0 Å². The number of hydrogen-bond donors (Lipinski definition) is 0. The molecule has 1 aromatic heterocycles. The van der Waals surface area contributed by atoms with Gasteiger partial charge in [0, 0.05) is 11.4 Å². The van der Waals surface area contributed by atoms with Crippen molar-refractivity contribution in [3.05, 3.63) is 22.4 Å². The Morgan fingerprint density at radius 2 is 2.14 bits per heavy atom. The summed E-state index contributed by atoms with van der Waals surface area (Å²) in [5, 5.41) is 0.646. The topological polar surface area (TPSA) is 0 Å². The van der Waals surface area contributed by atoms with Crippen LogP contribution in [0.3, 0.4) is 0 Å². The fourth-order valence-electron chi connectivity index (χ4n) is 0.289. The third-order valence-electron chi connectivity index (χ3n) is 0.535. The fraction of sp³-hybridized carbons (Fsp3) is 0. The summed E-state index contributed by atoms with van der Waals surface area (Å²) in [4.78, 5) is 0. The number of halogens is 2. The van der Waals surface area contributed by atoms with E-state index in [1.54, 1.807) is 0 Å². The first-order valence-electron chi connectivity index (χ1n) is 1.68. The molecule has 0 spiro atoms. The maximum atomic E-state index is 11.7. The molecule has 1 rings (SSSR count). The molecule has 38 valence electrons. The van der Waals surface area contributed by atoms with Crippen molar-refractivity contribution in [2.75, 3.05) is 0 Å². The molecule has 0 saturated heterocycles. The monoisotopic (exact) mass is 120 g/mol. The summed E-state index contributed by atoms with van der Waals surface area (Å²) in [5.41, 5.74) is 0. The maximum Gasteiger partial charge on any atom is 0.179 e. The van der Waals surface area contributed by atoms with Crippen LogP contribution in [0.4, 0.5) is 8.78 Å². The molecule has 0 aliphatic heterocycles. The second-order valence-electron chi connectivity index (χ2n) is 1.07. The van der Waals surface area contributed by atoms with Crippen molar-refractivity contribution in [2.45, 2.75) is 0 Å². The molecule has 0 saturated carbocycles. The lowest BCUT2D eigenvalue weighted by Gasteiger charge is -1.63. The SMILES string of the molecule is Fc1csc(F)c1. The zero-order valence-electron chi connectivity index (χ0n) is 3.32. The van der Waals surface area contributed by atoms with Crippen molar-refractivity contribution >= 4 is 11.3 Å². The summed E-state index contributed by atoms with van der Waals surface area (Å²) in [7, 11) is 0. The lowest BCUT2D eigenvalue weighted by molar-refractivity contribution is 0.609. The van der Waals surface area contributed by atoms with E-state index >= 15 is 0 Å². The van der Waals surface area contributed by atoms with E-state index < -0.39 is 10.9 Å². The summed E-state index contributed by atoms with van der Waals surface area (Å²) < 4.78 is 23.4. The molecule has 0 N–H and O–H groups in total. The van der Waals surface area contributed by atoms with Crippen molar-refractivity contribution in [2.24, 2.45) is 0 Å². The van der Waals surface area contributed by atoms with Crippen LogP contribution in [-0.4, -0.2) is 0 Å². The van der Waals surface area contributed by atoms with Gasteiger partial charge in [-0.05, 0) is 0 Å². The summed E-state index contributed by atoms with van der Waals surface area (Å²) in [6, 6.07) is 0.852. The van der Waals surface area contributed by atoms with Gasteiger partial charge in [-0.15, -0.1) is 11.3 Å². The van der Waals surface area contributed by atoms with Crippen LogP contribution in [0.2, 0.25) is 0 Å². The second kappa shape index (κ2) is 1.58. The van der Waals surface area contributed by atoms with Crippen molar-refractivity contribution < 1.29 is 8.78 Å². The van der Waals surface area contributed by atoms with Gasteiger partial charge in [0.1, 0.15) is 5.82 Å². The Hall–Kier alpha value is -0.440. The first kappa shape index (κ1) is 4.71. The van der Waals surface area contributed by atoms with E-state index in [2.05, 4.69) is 0 Å². The summed E-state index contributed by atoms with van der Waals surface area (Å²) in [6.07, 6.45) is 0. The fourth-order valence-corrected chi connectivity index (χ4v) is 0.763. The minimum absolute atomic E-state index is 0.475. The van der Waals surface area contributed by atoms with E-state index in [9.17, 15) is 8.78 Å². The van der Waals surface area contributed by atoms with Crippen LogP contribution in [0, 0.1) is 10.9 Å². The highest BCUT2D eigenvalue weighted by Gasteiger charge is 1.92. The zero-order valence-corrected chi connectivity index (χ0v) is 4.14. The summed E-state index contributed by atoms with van der Waals surface area (Å²) in [6.45, 7) is 0. The second-order valence-corrected chi connectivity index (χ2v) is 1.93. The Labute approximate surface area is 43.4 Å². The Kier molecular flexibility index (Phi) is 1.06. The molecule has 7 heavy (non-hydrogen) atoms. The van der Waals surface area contributed by atoms with Crippen molar-refractivity contribution in [3.8, 4) is 0 Å². The van der Waals surface area contributed by atoms with E-state index in [-0.39, 0.29) is 0 Å². The van der Waals surface area contributed by atoms with Gasteiger partial charge in [0.15, 0.2) is 5.13 Å². The standard InChI is InChI=1S/C4H2F2S/c5-3-1-4(6)7-2-3/h1-2H. The Morgan fingerprint density at radius 1 is 1.43 bits per heavy atom. The Morgan fingerprint density at radius 3 is 2.29 bits per heavy atom. The smallest absolute Gasteiger partial charge is 0.179 e. The summed E-state index contributed by atoms with van der Waals surface area (Å²) >= 11 is 0.763. The molecule has 0 unspecified atom stereocenters. The average Bonchev–Trinajstić information content (AvgIpc) is 1.87. The minimum atomic E-state index is -0.498. The number of hydrogen-bond acceptors (Lipinski definition) is 1. The zero-order chi connectivity index (χ0) is 5.28. The molecule has 0 aromatic carbocycles. The molecular weight excluding hydrogens is 118 g/mol. The van der Waals surface area contributed by atoms with Gasteiger partial charge in [0.25, 0.3) is 0 Å². The van der Waals surface area contributed by atoms with Crippen LogP contribution in [-0.2, 0) is 0 Å². The lowest BCUT2D eigenvalue weighted by Crippen LogP contribution is -1.54. The normalized spacial score (nSPS) is 9.43. The van der Waals surface area contributed by atoms with Gasteiger partial charge in [-0.2, -0.15) is 4.39 Å². The largest absolute Gasteiger partial charge is 0.206 e. The molecule has 0 atom stereocenters. The quantitative estimate of drug-likeness (QED) is 0.491. The van der Waals surface area contributed by atoms with Gasteiger partial charge < -0.3 is 0 Å². The molecule has 0 amide bonds. The van der Waals surface area contributed by atoms with Crippen LogP contribution in [0.15, 0.2) is 11.4 Å². The molecule has 1 heterocycles. The van der Waals surface area contributed by atoms with E-state index in [1.807, 2.05) is 0 Å². The minimum Gasteiger partial charge on any atom is -0.206 e. The third-order valence-corrected chi connectivity index (χ3v) is 1.22. The molecule has 0 aliphatic rings. The van der Waals surface area contributed by atoms with Crippen molar-refractivity contribution in [1.29, 1.82) is 0 Å². The summed E-state index contributed by atoms with van der Waals surface area (Å²) in [5.74, 6) is -0.498. The van der Waals surface area contributed by atoms with Gasteiger partial charge in [0.2, 0.25) is 0 Å². The van der Waals surface area contributed by atoms with E-state index in [0.29, 0.717) is 0 Å². The first-order valence-corrected chi connectivity index (χ1v) is 2.56. The van der Waals surface area contributed by atoms with Gasteiger partial charge >= 0.3 is 0 Å². The molecule has 3 heteroatoms. The molecule has 0 nitrogen and oxygen atoms in total. The Bertz CT molecular complexity index is 142. The van der Waals surface area contributed by atoms with Crippen LogP contribution >= 0.6 is 11.3 Å². The van der Waals surface area contributed by atoms with E-state index in [0.717, 1.165) is 22.8 Å². The highest BCUT2D eigenvalue weighted by molar-refractivity contribution is 7.08. The predicted molar refractivity (Wildman–Crippen MR) is 24.2 cm³/mol. The van der Waals surface area contributed by atoms with E-state index in [4.69, 9.17) is 0 Å². The van der Waals surface area contributed by atoms with Gasteiger partial charge in [-0.3, -0.25) is 0 Å². The van der Waals surface area contributed by atoms with Crippen molar-refractivity contribution in [3.63, 3.8) is 0 Å². The molecule has 0 radical (unpaired) electrons. The van der Waals surface area contributed by atoms with Crippen LogP contribution in [0.25, 0.3) is 0 Å². The Balaban J connectivity index is 3.04. The molecule has 0 bridgehead atoms. The van der Waals surface area contributed by atoms with Crippen LogP contribution in [0.1, 0.15) is 0 Å². The molecular formula is C4H2F2S. The van der Waals surface area contributed by atoms with Crippen molar-refractivity contribution in [1.82, 2.24) is 0 Å². The van der Waals surface area contributed by atoms with Gasteiger partial charge in [-0.1, -0.05) is 0 Å². The lowest BCUT2D eigenvalue weighted by atomic mass is 10.6. The third kappa shape index (κ3) is 0.962. The maximum absolute atomic E-state index is 11.7. The number of rotatable bonds is 0. The van der Waals surface area contributed by atoms with Gasteiger partial charge in [0.05, 0.1) is 0 Å². The predicted octanol–water partition coefficient (Wildman–Crippen LogP) is 2.03. The average molecular weight is 120 g/mol.